The van der Waals surface area contributed by atoms with Gasteiger partial charge in [-0.15, -0.1) is 37.2 Å². The number of carbonyl (C=O) groups excluding carboxylic acids is 3. The molecular formula is C26H38Cl3F3N6O5. The van der Waals surface area contributed by atoms with Gasteiger partial charge in [-0.25, -0.2) is 0 Å². The fourth-order valence-electron chi connectivity index (χ4n) is 3.71. The molecule has 11 nitrogen and oxygen atoms in total. The van der Waals surface area contributed by atoms with Gasteiger partial charge in [-0.05, 0) is 48.9 Å². The van der Waals surface area contributed by atoms with Crippen LogP contribution in [-0.2, 0) is 20.6 Å². The predicted molar refractivity (Wildman–Crippen MR) is 164 cm³/mol. The summed E-state index contributed by atoms with van der Waals surface area (Å²) in [6.45, 7) is 2.96. The van der Waals surface area contributed by atoms with Crippen LogP contribution in [0.25, 0.3) is 0 Å². The summed E-state index contributed by atoms with van der Waals surface area (Å²) in [7, 11) is 0. The smallest absolute Gasteiger partial charge is 0.416 e. The van der Waals surface area contributed by atoms with Crippen molar-refractivity contribution in [3.63, 3.8) is 0 Å². The summed E-state index contributed by atoms with van der Waals surface area (Å²) in [6.07, 6.45) is -6.80. The number of hydrogen-bond acceptors (Lipinski definition) is 8. The monoisotopic (exact) mass is 676 g/mol. The van der Waals surface area contributed by atoms with Gasteiger partial charge >= 0.3 is 6.18 Å². The number of carbonyl (C=O) groups is 3. The van der Waals surface area contributed by atoms with E-state index >= 15 is 0 Å². The number of alkyl halides is 3. The van der Waals surface area contributed by atoms with Gasteiger partial charge in [0.1, 0.15) is 17.9 Å². The van der Waals surface area contributed by atoms with Gasteiger partial charge in [-0.3, -0.25) is 14.4 Å². The molecule has 0 aliphatic carbocycles. The number of rotatable bonds is 14. The van der Waals surface area contributed by atoms with E-state index < -0.39 is 54.1 Å². The molecule has 2 aromatic rings. The minimum Gasteiger partial charge on any atom is -0.494 e. The van der Waals surface area contributed by atoms with Crippen LogP contribution in [-0.4, -0.2) is 72.6 Å². The van der Waals surface area contributed by atoms with E-state index in [1.807, 2.05) is 0 Å². The van der Waals surface area contributed by atoms with E-state index in [9.17, 15) is 32.7 Å². The van der Waals surface area contributed by atoms with Crippen LogP contribution < -0.4 is 32.6 Å². The van der Waals surface area contributed by atoms with Crippen molar-refractivity contribution >= 4 is 60.6 Å². The zero-order valence-electron chi connectivity index (χ0n) is 23.2. The van der Waals surface area contributed by atoms with Gasteiger partial charge in [0.15, 0.2) is 0 Å². The molecule has 17 heteroatoms. The molecule has 0 bridgehead atoms. The van der Waals surface area contributed by atoms with Crippen LogP contribution in [0.1, 0.15) is 30.6 Å². The molecule has 0 saturated carbocycles. The van der Waals surface area contributed by atoms with Crippen LogP contribution in [0.5, 0.6) is 5.75 Å². The Hall–Kier alpha value is -2.85. The molecule has 43 heavy (non-hydrogen) atoms. The van der Waals surface area contributed by atoms with E-state index in [0.717, 1.165) is 24.3 Å². The maximum absolute atomic E-state index is 13.2. The Morgan fingerprint density at radius 3 is 1.93 bits per heavy atom. The van der Waals surface area contributed by atoms with Gasteiger partial charge in [0.05, 0.1) is 24.6 Å². The Balaban J connectivity index is 0. The quantitative estimate of drug-likeness (QED) is 0.175. The molecular weight excluding hydrogens is 640 g/mol. The Bertz CT molecular complexity index is 1130. The predicted octanol–water partition coefficient (Wildman–Crippen LogP) is 1.99. The lowest BCUT2D eigenvalue weighted by Crippen LogP contribution is -2.53. The summed E-state index contributed by atoms with van der Waals surface area (Å²) < 4.78 is 44.3. The molecule has 244 valence electrons. The first-order chi connectivity index (χ1) is 18.9. The second-order valence-corrected chi connectivity index (χ2v) is 8.77. The normalized spacial score (nSPS) is 12.7. The molecule has 0 radical (unpaired) electrons. The summed E-state index contributed by atoms with van der Waals surface area (Å²) in [5.41, 5.74) is 16.2. The third-order valence-corrected chi connectivity index (χ3v) is 5.79. The van der Waals surface area contributed by atoms with Gasteiger partial charge in [0.25, 0.3) is 0 Å². The number of benzene rings is 2. The summed E-state index contributed by atoms with van der Waals surface area (Å²) in [4.78, 5) is 40.0. The second-order valence-electron chi connectivity index (χ2n) is 8.77. The maximum atomic E-state index is 13.2. The average Bonchev–Trinajstić information content (AvgIpc) is 2.91. The second kappa shape index (κ2) is 20.2. The molecule has 0 heterocycles. The molecule has 0 unspecified atom stereocenters. The highest BCUT2D eigenvalue weighted by Crippen LogP contribution is 2.30. The highest BCUT2D eigenvalue weighted by molar-refractivity contribution is 5.99. The maximum Gasteiger partial charge on any atom is 0.416 e. The molecule has 0 fully saturated rings. The number of nitrogens with one attached hydrogen (secondary N) is 2. The summed E-state index contributed by atoms with van der Waals surface area (Å²) in [5, 5.41) is 15.8. The SMILES string of the molecule is CCOc1ccc(NC(=O)[C@@H](NC(=O)[C@@H](N)CC(=O)N(CCN)CCN)[C@H](O)c2ccc(C(F)(F)F)cc2)cc1.Cl.Cl.Cl. The third-order valence-electron chi connectivity index (χ3n) is 5.79. The number of halogens is 6. The van der Waals surface area contributed by atoms with Crippen molar-refractivity contribution < 1.29 is 37.4 Å². The molecule has 0 saturated heterocycles. The Morgan fingerprint density at radius 1 is 0.930 bits per heavy atom. The third kappa shape index (κ3) is 13.1. The van der Waals surface area contributed by atoms with Crippen LogP contribution >= 0.6 is 37.2 Å². The van der Waals surface area contributed by atoms with Crippen molar-refractivity contribution in [2.75, 3.05) is 38.1 Å². The number of ether oxygens (including phenoxy) is 1. The van der Waals surface area contributed by atoms with E-state index in [-0.39, 0.29) is 69.0 Å². The van der Waals surface area contributed by atoms with E-state index in [0.29, 0.717) is 18.0 Å². The van der Waals surface area contributed by atoms with Crippen molar-refractivity contribution in [2.24, 2.45) is 17.2 Å². The molecule has 2 rings (SSSR count). The Labute approximate surface area is 266 Å². The highest BCUT2D eigenvalue weighted by atomic mass is 35.5. The molecule has 0 aromatic heterocycles. The number of hydrogen-bond donors (Lipinski definition) is 6. The molecule has 0 spiro atoms. The number of aliphatic hydroxyl groups excluding tert-OH is 1. The van der Waals surface area contributed by atoms with Crippen LogP contribution in [0, 0.1) is 0 Å². The van der Waals surface area contributed by atoms with Crippen molar-refractivity contribution in [1.82, 2.24) is 10.2 Å². The zero-order valence-corrected chi connectivity index (χ0v) is 25.7. The van der Waals surface area contributed by atoms with Gasteiger partial charge in [-0.1, -0.05) is 12.1 Å². The number of nitrogens with zero attached hydrogens (tertiary/aromatic N) is 1. The summed E-state index contributed by atoms with van der Waals surface area (Å²) in [5.74, 6) is -1.76. The van der Waals surface area contributed by atoms with Crippen molar-refractivity contribution in [3.8, 4) is 5.75 Å². The van der Waals surface area contributed by atoms with Gasteiger partial charge < -0.3 is 42.6 Å². The lowest BCUT2D eigenvalue weighted by molar-refractivity contribution is -0.137. The van der Waals surface area contributed by atoms with E-state index in [1.54, 1.807) is 19.1 Å². The van der Waals surface area contributed by atoms with Crippen LogP contribution in [0.2, 0.25) is 0 Å². The van der Waals surface area contributed by atoms with Crippen LogP contribution in [0.15, 0.2) is 48.5 Å². The summed E-state index contributed by atoms with van der Waals surface area (Å²) >= 11 is 0. The van der Waals surface area contributed by atoms with Crippen LogP contribution in [0.4, 0.5) is 18.9 Å². The standard InChI is InChI=1S/C26H35F3N6O5.3ClH/c1-2-40-19-9-7-18(8-10-19)33-25(39)22(23(37)16-3-5-17(6-4-16)26(27,28)29)34-24(38)20(32)15-21(36)35(13-11-30)14-12-31;;;/h3-10,20,22-23,37H,2,11-15,30-32H2,1H3,(H,33,39)(H,34,38);3*1H/t20-,22-,23+;;;/m0.../s1. The average molecular weight is 678 g/mol. The molecule has 2 aromatic carbocycles. The van der Waals surface area contributed by atoms with Crippen molar-refractivity contribution in [2.45, 2.75) is 37.7 Å². The van der Waals surface area contributed by atoms with E-state index in [1.165, 1.54) is 17.0 Å². The highest BCUT2D eigenvalue weighted by Gasteiger charge is 2.34. The molecule has 3 amide bonds. The lowest BCUT2D eigenvalue weighted by Gasteiger charge is -2.26. The minimum atomic E-state index is -4.61. The largest absolute Gasteiger partial charge is 0.494 e. The molecule has 0 aliphatic rings. The Morgan fingerprint density at radius 2 is 1.47 bits per heavy atom. The van der Waals surface area contributed by atoms with Crippen molar-refractivity contribution in [3.05, 3.63) is 59.7 Å². The van der Waals surface area contributed by atoms with Crippen LogP contribution in [0.3, 0.4) is 0 Å². The topological polar surface area (TPSA) is 186 Å². The number of amides is 3. The first kappa shape index (κ1) is 42.3. The Kier molecular flexibility index (Phi) is 19.8. The first-order valence-electron chi connectivity index (χ1n) is 12.5. The summed E-state index contributed by atoms with van der Waals surface area (Å²) in [6, 6.07) is 6.64. The van der Waals surface area contributed by atoms with E-state index in [2.05, 4.69) is 10.6 Å². The number of nitrogens with two attached hydrogens (primary N) is 3. The van der Waals surface area contributed by atoms with Gasteiger partial charge in [0, 0.05) is 31.9 Å². The van der Waals surface area contributed by atoms with Gasteiger partial charge in [0.2, 0.25) is 17.7 Å². The number of anilines is 1. The van der Waals surface area contributed by atoms with E-state index in [4.69, 9.17) is 21.9 Å². The first-order valence-corrected chi connectivity index (χ1v) is 12.5. The lowest BCUT2D eigenvalue weighted by atomic mass is 9.99. The minimum absolute atomic E-state index is 0. The number of aliphatic hydroxyl groups is 1. The molecule has 0 aliphatic heterocycles. The zero-order chi connectivity index (χ0) is 29.9. The molecule has 9 N–H and O–H groups in total. The van der Waals surface area contributed by atoms with Gasteiger partial charge in [-0.2, -0.15) is 13.2 Å². The fourth-order valence-corrected chi connectivity index (χ4v) is 3.71. The fraction of sp³-hybridized carbons (Fsp3) is 0.423. The molecule has 3 atom stereocenters. The van der Waals surface area contributed by atoms with Crippen molar-refractivity contribution in [1.29, 1.82) is 0 Å².